The van der Waals surface area contributed by atoms with Crippen LogP contribution >= 0.6 is 0 Å². The van der Waals surface area contributed by atoms with E-state index in [0.717, 1.165) is 12.8 Å². The van der Waals surface area contributed by atoms with Crippen LogP contribution in [0.25, 0.3) is 0 Å². The maximum absolute atomic E-state index is 9.66. The Bertz CT molecular complexity index is 242. The first-order chi connectivity index (χ1) is 6.63. The Morgan fingerprint density at radius 1 is 1.07 bits per heavy atom. The van der Waals surface area contributed by atoms with E-state index in [0.29, 0.717) is 11.8 Å². The minimum absolute atomic E-state index is 0.0851. The first kappa shape index (κ1) is 9.13. The fraction of sp³-hybridized carbons (Fsp3) is 1.00. The Morgan fingerprint density at radius 3 is 2.21 bits per heavy atom. The van der Waals surface area contributed by atoms with Gasteiger partial charge in [0.15, 0.2) is 0 Å². The standard InChI is InChI=1S/C11H19NO2/c12-10-6-1-2-7(3-6)11(10)4-8(13)9(14)5-11/h6-10,13-14H,1-5,12H2/t6?,7?,8-,9?,10?,11?/m1/s1. The van der Waals surface area contributed by atoms with Gasteiger partial charge in [0.05, 0.1) is 12.2 Å². The zero-order valence-corrected chi connectivity index (χ0v) is 8.39. The molecule has 0 saturated heterocycles. The average Bonchev–Trinajstić information content (AvgIpc) is 2.76. The van der Waals surface area contributed by atoms with Gasteiger partial charge in [-0.15, -0.1) is 0 Å². The summed E-state index contributed by atoms with van der Waals surface area (Å²) in [6.07, 6.45) is 4.17. The minimum Gasteiger partial charge on any atom is -0.390 e. The van der Waals surface area contributed by atoms with Gasteiger partial charge in [-0.2, -0.15) is 0 Å². The first-order valence-electron chi connectivity index (χ1n) is 5.75. The van der Waals surface area contributed by atoms with Gasteiger partial charge >= 0.3 is 0 Å². The Labute approximate surface area is 84.3 Å². The molecule has 3 aliphatic rings. The van der Waals surface area contributed by atoms with Crippen molar-refractivity contribution in [1.29, 1.82) is 0 Å². The summed E-state index contributed by atoms with van der Waals surface area (Å²) in [5.74, 6) is 1.34. The van der Waals surface area contributed by atoms with E-state index in [1.165, 1.54) is 19.3 Å². The monoisotopic (exact) mass is 197 g/mol. The summed E-state index contributed by atoms with van der Waals surface area (Å²) in [7, 11) is 0. The Morgan fingerprint density at radius 2 is 1.71 bits per heavy atom. The molecule has 80 valence electrons. The lowest BCUT2D eigenvalue weighted by Gasteiger charge is -2.39. The molecule has 3 aliphatic carbocycles. The van der Waals surface area contributed by atoms with Crippen molar-refractivity contribution in [1.82, 2.24) is 0 Å². The zero-order valence-electron chi connectivity index (χ0n) is 8.39. The largest absolute Gasteiger partial charge is 0.390 e. The number of aliphatic hydroxyl groups is 2. The van der Waals surface area contributed by atoms with Crippen LogP contribution in [-0.4, -0.2) is 28.5 Å². The highest BCUT2D eigenvalue weighted by atomic mass is 16.3. The second kappa shape index (κ2) is 2.71. The molecule has 3 nitrogen and oxygen atoms in total. The molecule has 0 radical (unpaired) electrons. The predicted octanol–water partition coefficient (Wildman–Crippen LogP) is 0.246. The maximum atomic E-state index is 9.66. The molecule has 6 atom stereocenters. The van der Waals surface area contributed by atoms with Gasteiger partial charge < -0.3 is 15.9 Å². The zero-order chi connectivity index (χ0) is 9.92. The molecule has 0 aromatic heterocycles. The van der Waals surface area contributed by atoms with Gasteiger partial charge in [0.1, 0.15) is 0 Å². The predicted molar refractivity (Wildman–Crippen MR) is 52.5 cm³/mol. The fourth-order valence-electron chi connectivity index (χ4n) is 4.35. The van der Waals surface area contributed by atoms with Crippen LogP contribution in [0.3, 0.4) is 0 Å². The summed E-state index contributed by atoms with van der Waals surface area (Å²) >= 11 is 0. The van der Waals surface area contributed by atoms with Crippen LogP contribution in [0.1, 0.15) is 32.1 Å². The van der Waals surface area contributed by atoms with Crippen molar-refractivity contribution in [3.63, 3.8) is 0 Å². The number of nitrogens with two attached hydrogens (primary N) is 1. The molecule has 0 aromatic carbocycles. The van der Waals surface area contributed by atoms with Crippen LogP contribution in [0.2, 0.25) is 0 Å². The molecular formula is C11H19NO2. The van der Waals surface area contributed by atoms with E-state index in [4.69, 9.17) is 5.73 Å². The quantitative estimate of drug-likeness (QED) is 0.521. The van der Waals surface area contributed by atoms with Crippen LogP contribution < -0.4 is 5.73 Å². The summed E-state index contributed by atoms with van der Waals surface area (Å²) in [5.41, 5.74) is 6.35. The van der Waals surface area contributed by atoms with Crippen molar-refractivity contribution < 1.29 is 10.2 Å². The van der Waals surface area contributed by atoms with Crippen LogP contribution in [0.5, 0.6) is 0 Å². The van der Waals surface area contributed by atoms with E-state index in [2.05, 4.69) is 0 Å². The fourth-order valence-corrected chi connectivity index (χ4v) is 4.35. The van der Waals surface area contributed by atoms with Crippen molar-refractivity contribution in [3.05, 3.63) is 0 Å². The van der Waals surface area contributed by atoms with Gasteiger partial charge in [0, 0.05) is 6.04 Å². The van der Waals surface area contributed by atoms with E-state index in [1.807, 2.05) is 0 Å². The van der Waals surface area contributed by atoms with E-state index < -0.39 is 12.2 Å². The molecule has 0 aromatic rings. The van der Waals surface area contributed by atoms with Gasteiger partial charge in [-0.25, -0.2) is 0 Å². The lowest BCUT2D eigenvalue weighted by atomic mass is 9.69. The molecule has 5 unspecified atom stereocenters. The molecule has 4 N–H and O–H groups in total. The van der Waals surface area contributed by atoms with Crippen molar-refractivity contribution >= 4 is 0 Å². The molecule has 1 spiro atoms. The van der Waals surface area contributed by atoms with E-state index in [9.17, 15) is 10.2 Å². The number of hydrogen-bond donors (Lipinski definition) is 3. The molecule has 0 amide bonds. The van der Waals surface area contributed by atoms with Crippen molar-refractivity contribution in [2.75, 3.05) is 0 Å². The van der Waals surface area contributed by atoms with Crippen molar-refractivity contribution in [2.45, 2.75) is 50.4 Å². The first-order valence-corrected chi connectivity index (χ1v) is 5.75. The molecule has 0 aliphatic heterocycles. The summed E-state index contributed by atoms with van der Waals surface area (Å²) < 4.78 is 0. The maximum Gasteiger partial charge on any atom is 0.0805 e. The van der Waals surface area contributed by atoms with Gasteiger partial charge in [-0.1, -0.05) is 0 Å². The molecule has 3 heteroatoms. The number of hydrogen-bond acceptors (Lipinski definition) is 3. The van der Waals surface area contributed by atoms with E-state index in [-0.39, 0.29) is 11.5 Å². The van der Waals surface area contributed by atoms with Crippen LogP contribution in [0, 0.1) is 17.3 Å². The van der Waals surface area contributed by atoms with Gasteiger partial charge in [0.25, 0.3) is 0 Å². The summed E-state index contributed by atoms with van der Waals surface area (Å²) in [5, 5.41) is 19.3. The Kier molecular flexibility index (Phi) is 1.77. The molecule has 3 saturated carbocycles. The normalized spacial score (nSPS) is 61.5. The van der Waals surface area contributed by atoms with Crippen LogP contribution in [0.15, 0.2) is 0 Å². The summed E-state index contributed by atoms with van der Waals surface area (Å²) in [6, 6.07) is 0.230. The van der Waals surface area contributed by atoms with Gasteiger partial charge in [-0.3, -0.25) is 0 Å². The van der Waals surface area contributed by atoms with Crippen LogP contribution in [-0.2, 0) is 0 Å². The van der Waals surface area contributed by atoms with Crippen molar-refractivity contribution in [2.24, 2.45) is 23.0 Å². The number of aliphatic hydroxyl groups excluding tert-OH is 2. The van der Waals surface area contributed by atoms with Crippen molar-refractivity contribution in [3.8, 4) is 0 Å². The minimum atomic E-state index is -0.527. The third kappa shape index (κ3) is 0.930. The average molecular weight is 197 g/mol. The number of fused-ring (bicyclic) bond motifs is 3. The van der Waals surface area contributed by atoms with Gasteiger partial charge in [-0.05, 0) is 49.4 Å². The highest BCUT2D eigenvalue weighted by Crippen LogP contribution is 2.61. The lowest BCUT2D eigenvalue weighted by molar-refractivity contribution is 0.0438. The number of rotatable bonds is 0. The molecule has 14 heavy (non-hydrogen) atoms. The van der Waals surface area contributed by atoms with Crippen LogP contribution in [0.4, 0.5) is 0 Å². The highest BCUT2D eigenvalue weighted by Gasteiger charge is 2.60. The molecule has 3 fully saturated rings. The third-order valence-corrected chi connectivity index (χ3v) is 5.08. The topological polar surface area (TPSA) is 66.5 Å². The Balaban J connectivity index is 1.91. The Hall–Kier alpha value is -0.120. The summed E-state index contributed by atoms with van der Waals surface area (Å²) in [6.45, 7) is 0. The lowest BCUT2D eigenvalue weighted by Crippen LogP contribution is -2.45. The molecule has 3 rings (SSSR count). The smallest absolute Gasteiger partial charge is 0.0805 e. The second-order valence-electron chi connectivity index (χ2n) is 5.57. The SMILES string of the molecule is NC1C2CCC(C2)C12CC(O)[C@H](O)C2. The van der Waals surface area contributed by atoms with Gasteiger partial charge in [0.2, 0.25) is 0 Å². The van der Waals surface area contributed by atoms with E-state index >= 15 is 0 Å². The highest BCUT2D eigenvalue weighted by molar-refractivity contribution is 5.13. The third-order valence-electron chi connectivity index (χ3n) is 5.08. The second-order valence-corrected chi connectivity index (χ2v) is 5.57. The van der Waals surface area contributed by atoms with E-state index in [1.54, 1.807) is 0 Å². The molecular weight excluding hydrogens is 178 g/mol. The summed E-state index contributed by atoms with van der Waals surface area (Å²) in [4.78, 5) is 0. The molecule has 0 heterocycles. The molecule has 2 bridgehead atoms.